The molecule has 0 fully saturated rings. The van der Waals surface area contributed by atoms with E-state index in [4.69, 9.17) is 5.11 Å². The molecule has 2 rings (SSSR count). The third-order valence-corrected chi connectivity index (χ3v) is 2.16. The van der Waals surface area contributed by atoms with Gasteiger partial charge in [0.05, 0.1) is 18.0 Å². The normalized spacial score (nSPS) is 11.4. The molecule has 0 spiro atoms. The lowest BCUT2D eigenvalue weighted by molar-refractivity contribution is 0.277. The van der Waals surface area contributed by atoms with Crippen LogP contribution in [0.1, 0.15) is 31.2 Å². The van der Waals surface area contributed by atoms with Crippen LogP contribution in [0.15, 0.2) is 18.5 Å². The van der Waals surface area contributed by atoms with Crippen molar-refractivity contribution in [3.05, 3.63) is 29.8 Å². The van der Waals surface area contributed by atoms with Gasteiger partial charge in [0.1, 0.15) is 0 Å². The molecule has 0 aliphatic heterocycles. The molecule has 0 saturated carbocycles. The summed E-state index contributed by atoms with van der Waals surface area (Å²) < 4.78 is 1.87. The summed E-state index contributed by atoms with van der Waals surface area (Å²) in [5.41, 5.74) is 1.67. The summed E-state index contributed by atoms with van der Waals surface area (Å²) in [4.78, 5) is 8.56. The maximum atomic E-state index is 8.91. The van der Waals surface area contributed by atoms with Crippen LogP contribution in [0.25, 0.3) is 5.78 Å². The van der Waals surface area contributed by atoms with E-state index < -0.39 is 0 Å². The SMILES string of the molecule is CC(C)c1cn2ccc(CO)nc2n1. The third kappa shape index (κ3) is 1.48. The monoisotopic (exact) mass is 191 g/mol. The van der Waals surface area contributed by atoms with E-state index in [-0.39, 0.29) is 6.61 Å². The predicted molar refractivity (Wildman–Crippen MR) is 53.0 cm³/mol. The van der Waals surface area contributed by atoms with Gasteiger partial charge in [0.25, 0.3) is 0 Å². The Morgan fingerprint density at radius 2 is 2.21 bits per heavy atom. The van der Waals surface area contributed by atoms with E-state index in [0.29, 0.717) is 17.4 Å². The molecule has 0 aliphatic rings. The maximum absolute atomic E-state index is 8.91. The summed E-state index contributed by atoms with van der Waals surface area (Å²) in [5, 5.41) is 8.91. The van der Waals surface area contributed by atoms with Gasteiger partial charge in [0, 0.05) is 12.4 Å². The maximum Gasteiger partial charge on any atom is 0.234 e. The largest absolute Gasteiger partial charge is 0.390 e. The van der Waals surface area contributed by atoms with Gasteiger partial charge in [-0.3, -0.25) is 4.40 Å². The number of imidazole rings is 1. The fraction of sp³-hybridized carbons (Fsp3) is 0.400. The zero-order valence-corrected chi connectivity index (χ0v) is 8.31. The average Bonchev–Trinajstić information content (AvgIpc) is 2.59. The van der Waals surface area contributed by atoms with Gasteiger partial charge >= 0.3 is 0 Å². The van der Waals surface area contributed by atoms with Crippen molar-refractivity contribution in [2.24, 2.45) is 0 Å². The smallest absolute Gasteiger partial charge is 0.234 e. The lowest BCUT2D eigenvalue weighted by Crippen LogP contribution is -1.93. The second-order valence-corrected chi connectivity index (χ2v) is 3.60. The summed E-state index contributed by atoms with van der Waals surface area (Å²) in [7, 11) is 0. The molecular formula is C10H13N3O. The highest BCUT2D eigenvalue weighted by molar-refractivity contribution is 5.32. The Labute approximate surface area is 82.2 Å². The first-order chi connectivity index (χ1) is 6.70. The lowest BCUT2D eigenvalue weighted by Gasteiger charge is -1.94. The van der Waals surface area contributed by atoms with Crippen molar-refractivity contribution >= 4 is 5.78 Å². The van der Waals surface area contributed by atoms with E-state index in [2.05, 4.69) is 23.8 Å². The zero-order chi connectivity index (χ0) is 10.1. The van der Waals surface area contributed by atoms with E-state index in [1.54, 1.807) is 6.07 Å². The lowest BCUT2D eigenvalue weighted by atomic mass is 10.2. The highest BCUT2D eigenvalue weighted by atomic mass is 16.3. The van der Waals surface area contributed by atoms with E-state index in [0.717, 1.165) is 5.69 Å². The van der Waals surface area contributed by atoms with E-state index in [9.17, 15) is 0 Å². The molecular weight excluding hydrogens is 178 g/mol. The first-order valence-electron chi connectivity index (χ1n) is 4.66. The minimum Gasteiger partial charge on any atom is -0.390 e. The number of fused-ring (bicyclic) bond motifs is 1. The highest BCUT2D eigenvalue weighted by Crippen LogP contribution is 2.13. The number of aliphatic hydroxyl groups is 1. The van der Waals surface area contributed by atoms with Crippen LogP contribution in [0, 0.1) is 0 Å². The van der Waals surface area contributed by atoms with Gasteiger partial charge in [-0.15, -0.1) is 0 Å². The molecule has 2 aromatic rings. The molecule has 0 atom stereocenters. The summed E-state index contributed by atoms with van der Waals surface area (Å²) in [6.07, 6.45) is 3.83. The third-order valence-electron chi connectivity index (χ3n) is 2.16. The van der Waals surface area contributed by atoms with Gasteiger partial charge in [-0.25, -0.2) is 9.97 Å². The topological polar surface area (TPSA) is 50.4 Å². The van der Waals surface area contributed by atoms with Crippen LogP contribution < -0.4 is 0 Å². The van der Waals surface area contributed by atoms with Crippen LogP contribution in [0.5, 0.6) is 0 Å². The number of aromatic nitrogens is 3. The van der Waals surface area contributed by atoms with Gasteiger partial charge in [-0.1, -0.05) is 13.8 Å². The van der Waals surface area contributed by atoms with Crippen LogP contribution in [-0.4, -0.2) is 19.5 Å². The zero-order valence-electron chi connectivity index (χ0n) is 8.31. The molecule has 0 aliphatic carbocycles. The van der Waals surface area contributed by atoms with Crippen LogP contribution >= 0.6 is 0 Å². The summed E-state index contributed by atoms with van der Waals surface area (Å²) in [6.45, 7) is 4.14. The Bertz CT molecular complexity index is 448. The molecule has 1 N–H and O–H groups in total. The van der Waals surface area contributed by atoms with E-state index in [1.165, 1.54) is 0 Å². The summed E-state index contributed by atoms with van der Waals surface area (Å²) in [6, 6.07) is 1.79. The van der Waals surface area contributed by atoms with Crippen molar-refractivity contribution in [2.75, 3.05) is 0 Å². The summed E-state index contributed by atoms with van der Waals surface area (Å²) in [5.74, 6) is 1.05. The second-order valence-electron chi connectivity index (χ2n) is 3.60. The molecule has 0 unspecified atom stereocenters. The van der Waals surface area contributed by atoms with Crippen LogP contribution in [-0.2, 0) is 6.61 Å². The minimum atomic E-state index is -0.0413. The first kappa shape index (κ1) is 9.15. The Morgan fingerprint density at radius 1 is 1.43 bits per heavy atom. The number of hydrogen-bond acceptors (Lipinski definition) is 3. The van der Waals surface area contributed by atoms with Crippen molar-refractivity contribution in [3.8, 4) is 0 Å². The Kier molecular flexibility index (Phi) is 2.21. The molecule has 0 bridgehead atoms. The standard InChI is InChI=1S/C10H13N3O/c1-7(2)9-5-13-4-3-8(6-14)11-10(13)12-9/h3-5,7,14H,6H2,1-2H3. The first-order valence-corrected chi connectivity index (χ1v) is 4.66. The molecule has 0 saturated heterocycles. The summed E-state index contributed by atoms with van der Waals surface area (Å²) >= 11 is 0. The molecule has 4 heteroatoms. The van der Waals surface area contributed by atoms with Crippen LogP contribution in [0.2, 0.25) is 0 Å². The fourth-order valence-corrected chi connectivity index (χ4v) is 1.29. The molecule has 0 amide bonds. The minimum absolute atomic E-state index is 0.0413. The van der Waals surface area contributed by atoms with Gasteiger partial charge in [-0.2, -0.15) is 0 Å². The molecule has 74 valence electrons. The van der Waals surface area contributed by atoms with Gasteiger partial charge in [0.15, 0.2) is 0 Å². The Hall–Kier alpha value is -1.42. The highest BCUT2D eigenvalue weighted by Gasteiger charge is 2.06. The van der Waals surface area contributed by atoms with Gasteiger partial charge in [0.2, 0.25) is 5.78 Å². The quantitative estimate of drug-likeness (QED) is 0.779. The van der Waals surface area contributed by atoms with Crippen molar-refractivity contribution in [3.63, 3.8) is 0 Å². The van der Waals surface area contributed by atoms with Crippen molar-refractivity contribution in [1.82, 2.24) is 14.4 Å². The number of rotatable bonds is 2. The van der Waals surface area contributed by atoms with Gasteiger partial charge in [-0.05, 0) is 12.0 Å². The molecule has 2 heterocycles. The van der Waals surface area contributed by atoms with Crippen molar-refractivity contribution in [2.45, 2.75) is 26.4 Å². The fourth-order valence-electron chi connectivity index (χ4n) is 1.29. The van der Waals surface area contributed by atoms with Crippen LogP contribution in [0.3, 0.4) is 0 Å². The molecule has 0 radical (unpaired) electrons. The Balaban J connectivity index is 2.54. The van der Waals surface area contributed by atoms with E-state index in [1.807, 2.05) is 16.8 Å². The van der Waals surface area contributed by atoms with Crippen LogP contribution in [0.4, 0.5) is 0 Å². The van der Waals surface area contributed by atoms with Gasteiger partial charge < -0.3 is 5.11 Å². The van der Waals surface area contributed by atoms with Crippen molar-refractivity contribution in [1.29, 1.82) is 0 Å². The number of aliphatic hydroxyl groups excluding tert-OH is 1. The number of hydrogen-bond donors (Lipinski definition) is 1. The molecule has 2 aromatic heterocycles. The van der Waals surface area contributed by atoms with Crippen molar-refractivity contribution < 1.29 is 5.11 Å². The number of nitrogens with zero attached hydrogens (tertiary/aromatic N) is 3. The molecule has 0 aromatic carbocycles. The Morgan fingerprint density at radius 3 is 2.86 bits per heavy atom. The molecule has 14 heavy (non-hydrogen) atoms. The predicted octanol–water partition coefficient (Wildman–Crippen LogP) is 1.34. The van der Waals surface area contributed by atoms with E-state index >= 15 is 0 Å². The average molecular weight is 191 g/mol. The second kappa shape index (κ2) is 3.38. The molecule has 4 nitrogen and oxygen atoms in total.